The molecule has 9 heteroatoms. The molecule has 1 heterocycles. The number of carbonyl (C=O) groups is 3. The van der Waals surface area contributed by atoms with Crippen LogP contribution in [0.5, 0.6) is 0 Å². The number of carboxylic acids is 1. The number of carbonyl (C=O) groups excluding carboxylic acids is 2. The van der Waals surface area contributed by atoms with E-state index in [1.54, 1.807) is 27.7 Å². The van der Waals surface area contributed by atoms with E-state index >= 15 is 0 Å². The highest BCUT2D eigenvalue weighted by molar-refractivity contribution is 7.16. The molecule has 1 atom stereocenters. The second-order valence-electron chi connectivity index (χ2n) is 9.55. The maximum Gasteiger partial charge on any atom is 0.338 e. The molecule has 0 fully saturated rings. The van der Waals surface area contributed by atoms with Crippen LogP contribution in [0.4, 0.5) is 5.00 Å². The van der Waals surface area contributed by atoms with E-state index < -0.39 is 37.9 Å². The molecule has 1 amide bonds. The molecule has 0 aliphatic rings. The first-order valence-electron chi connectivity index (χ1n) is 9.47. The molecule has 0 saturated heterocycles. The van der Waals surface area contributed by atoms with Crippen molar-refractivity contribution in [1.82, 2.24) is 0 Å². The normalized spacial score (nSPS) is 13.7. The highest BCUT2D eigenvalue weighted by Crippen LogP contribution is 2.38. The van der Waals surface area contributed by atoms with Crippen LogP contribution in [0.15, 0.2) is 6.07 Å². The average Bonchev–Trinajstić information content (AvgIpc) is 2.83. The molecular weight excluding hydrogens is 410 g/mol. The molecule has 7 nitrogen and oxygen atoms in total. The summed E-state index contributed by atoms with van der Waals surface area (Å²) in [4.78, 5) is 37.6. The number of aryl methyl sites for hydroxylation is 1. The van der Waals surface area contributed by atoms with Gasteiger partial charge < -0.3 is 19.6 Å². The first-order chi connectivity index (χ1) is 12.9. The molecule has 29 heavy (non-hydrogen) atoms. The number of thiophene rings is 1. The van der Waals surface area contributed by atoms with Crippen molar-refractivity contribution in [2.45, 2.75) is 84.7 Å². The van der Waals surface area contributed by atoms with Crippen molar-refractivity contribution in [3.05, 3.63) is 16.5 Å². The van der Waals surface area contributed by atoms with Gasteiger partial charge in [0.1, 0.15) is 16.7 Å². The number of ether oxygens (including phenoxy) is 1. The van der Waals surface area contributed by atoms with Gasteiger partial charge in [0.2, 0.25) is 0 Å². The molecule has 164 valence electrons. The van der Waals surface area contributed by atoms with Crippen molar-refractivity contribution in [3.63, 3.8) is 0 Å². The number of hydrogen-bond donors (Lipinski definition) is 2. The van der Waals surface area contributed by atoms with Gasteiger partial charge in [-0.1, -0.05) is 20.8 Å². The van der Waals surface area contributed by atoms with E-state index in [0.29, 0.717) is 0 Å². The maximum atomic E-state index is 13.0. The van der Waals surface area contributed by atoms with Gasteiger partial charge >= 0.3 is 11.9 Å². The molecule has 1 rings (SSSR count). The van der Waals surface area contributed by atoms with Crippen molar-refractivity contribution >= 4 is 42.5 Å². The molecule has 0 aromatic carbocycles. The van der Waals surface area contributed by atoms with Crippen molar-refractivity contribution in [3.8, 4) is 0 Å². The Morgan fingerprint density at radius 1 is 1.17 bits per heavy atom. The predicted molar refractivity (Wildman–Crippen MR) is 117 cm³/mol. The predicted octanol–water partition coefficient (Wildman–Crippen LogP) is 4.82. The van der Waals surface area contributed by atoms with Crippen LogP contribution in [0, 0.1) is 6.92 Å². The lowest BCUT2D eigenvalue weighted by atomic mass is 10.2. The highest BCUT2D eigenvalue weighted by Gasteiger charge is 2.42. The van der Waals surface area contributed by atoms with Crippen LogP contribution in [-0.2, 0) is 18.8 Å². The Kier molecular flexibility index (Phi) is 7.83. The maximum absolute atomic E-state index is 13.0. The lowest BCUT2D eigenvalue weighted by molar-refractivity contribution is -0.158. The standard InChI is InChI=1S/C20H33NO6SSi/c1-12-10-13(18(24)25)17(28-12)21-16(23)14(11-15(22)26-19(2,3)4)27-29(8,9)20(5,6)7/h10,14H,11H2,1-9H3,(H,21,23)(H,24,25)/t14-/m0/s1. The van der Waals surface area contributed by atoms with Crippen molar-refractivity contribution in [2.24, 2.45) is 0 Å². The third-order valence-corrected chi connectivity index (χ3v) is 10.1. The van der Waals surface area contributed by atoms with Crippen molar-refractivity contribution < 1.29 is 28.7 Å². The van der Waals surface area contributed by atoms with Gasteiger partial charge in [0, 0.05) is 4.88 Å². The van der Waals surface area contributed by atoms with Gasteiger partial charge in [-0.25, -0.2) is 4.79 Å². The first-order valence-corrected chi connectivity index (χ1v) is 13.2. The van der Waals surface area contributed by atoms with Crippen LogP contribution >= 0.6 is 11.3 Å². The number of hydrogen-bond acceptors (Lipinski definition) is 6. The third kappa shape index (κ3) is 7.56. The lowest BCUT2D eigenvalue weighted by Gasteiger charge is -2.38. The Morgan fingerprint density at radius 2 is 1.72 bits per heavy atom. The van der Waals surface area contributed by atoms with Crippen molar-refractivity contribution in [2.75, 3.05) is 5.32 Å². The van der Waals surface area contributed by atoms with Crippen LogP contribution in [0.1, 0.15) is 63.2 Å². The highest BCUT2D eigenvalue weighted by atomic mass is 32.1. The minimum absolute atomic E-state index is 0.0178. The quantitative estimate of drug-likeness (QED) is 0.463. The molecular formula is C20H33NO6SSi. The summed E-state index contributed by atoms with van der Waals surface area (Å²) in [7, 11) is -2.39. The number of anilines is 1. The van der Waals surface area contributed by atoms with Crippen LogP contribution in [0.3, 0.4) is 0 Å². The second kappa shape index (κ2) is 8.97. The third-order valence-electron chi connectivity index (χ3n) is 4.63. The molecule has 2 N–H and O–H groups in total. The second-order valence-corrected chi connectivity index (χ2v) is 15.6. The zero-order chi connectivity index (χ0) is 22.8. The monoisotopic (exact) mass is 443 g/mol. The summed E-state index contributed by atoms with van der Waals surface area (Å²) in [5.41, 5.74) is -0.666. The summed E-state index contributed by atoms with van der Waals surface area (Å²) >= 11 is 1.17. The van der Waals surface area contributed by atoms with Gasteiger partial charge in [-0.15, -0.1) is 11.3 Å². The van der Waals surface area contributed by atoms with Gasteiger partial charge in [-0.05, 0) is 51.9 Å². The summed E-state index contributed by atoms with van der Waals surface area (Å²) in [5, 5.41) is 12.1. The average molecular weight is 444 g/mol. The number of amides is 1. The number of esters is 1. The van der Waals surface area contributed by atoms with E-state index in [0.717, 1.165) is 4.88 Å². The smallest absolute Gasteiger partial charge is 0.338 e. The van der Waals surface area contributed by atoms with Crippen molar-refractivity contribution in [1.29, 1.82) is 0 Å². The summed E-state index contributed by atoms with van der Waals surface area (Å²) in [5.74, 6) is -2.22. The van der Waals surface area contributed by atoms with Gasteiger partial charge in [-0.3, -0.25) is 9.59 Å². The number of carboxylic acid groups (broad SMARTS) is 1. The van der Waals surface area contributed by atoms with E-state index in [1.165, 1.54) is 17.4 Å². The molecule has 0 spiro atoms. The molecule has 1 aromatic rings. The van der Waals surface area contributed by atoms with E-state index in [2.05, 4.69) is 5.32 Å². The van der Waals surface area contributed by atoms with Crippen LogP contribution in [0.25, 0.3) is 0 Å². The fourth-order valence-corrected chi connectivity index (χ4v) is 4.37. The van der Waals surface area contributed by atoms with E-state index in [4.69, 9.17) is 9.16 Å². The topological polar surface area (TPSA) is 102 Å². The molecule has 0 bridgehead atoms. The van der Waals surface area contributed by atoms with E-state index in [9.17, 15) is 19.5 Å². The van der Waals surface area contributed by atoms with Gasteiger partial charge in [0.15, 0.2) is 8.32 Å². The minimum Gasteiger partial charge on any atom is -0.478 e. The summed E-state index contributed by atoms with van der Waals surface area (Å²) in [6, 6.07) is 1.50. The van der Waals surface area contributed by atoms with Gasteiger partial charge in [0.05, 0.1) is 12.0 Å². The molecule has 0 radical (unpaired) electrons. The SMILES string of the molecule is Cc1cc(C(=O)O)c(NC(=O)[C@H](CC(=O)OC(C)(C)C)O[Si](C)(C)C(C)(C)C)s1. The zero-order valence-electron chi connectivity index (χ0n) is 18.8. The number of nitrogens with one attached hydrogen (secondary N) is 1. The first kappa shape index (κ1) is 25.3. The summed E-state index contributed by atoms with van der Waals surface area (Å²) in [6.45, 7) is 17.1. The Hall–Kier alpha value is -1.71. The fraction of sp³-hybridized carbons (Fsp3) is 0.650. The van der Waals surface area contributed by atoms with Crippen LogP contribution in [0.2, 0.25) is 18.1 Å². The lowest BCUT2D eigenvalue weighted by Crippen LogP contribution is -2.48. The Bertz CT molecular complexity index is 773. The fourth-order valence-electron chi connectivity index (χ4n) is 2.21. The number of rotatable bonds is 7. The molecule has 0 aliphatic carbocycles. The molecule has 0 unspecified atom stereocenters. The van der Waals surface area contributed by atoms with E-state index in [-0.39, 0.29) is 22.0 Å². The Morgan fingerprint density at radius 3 is 2.17 bits per heavy atom. The molecule has 1 aromatic heterocycles. The number of aromatic carboxylic acids is 1. The summed E-state index contributed by atoms with van der Waals surface area (Å²) in [6.07, 6.45) is -1.32. The molecule has 0 saturated carbocycles. The minimum atomic E-state index is -2.39. The van der Waals surface area contributed by atoms with Crippen LogP contribution < -0.4 is 5.32 Å². The summed E-state index contributed by atoms with van der Waals surface area (Å²) < 4.78 is 11.6. The largest absolute Gasteiger partial charge is 0.478 e. The Balaban J connectivity index is 3.14. The Labute approximate surface area is 177 Å². The van der Waals surface area contributed by atoms with Gasteiger partial charge in [0.25, 0.3) is 5.91 Å². The van der Waals surface area contributed by atoms with Gasteiger partial charge in [-0.2, -0.15) is 0 Å². The van der Waals surface area contributed by atoms with Crippen LogP contribution in [-0.4, -0.2) is 43.0 Å². The molecule has 0 aliphatic heterocycles. The zero-order valence-corrected chi connectivity index (χ0v) is 20.6. The van der Waals surface area contributed by atoms with E-state index in [1.807, 2.05) is 33.9 Å².